The maximum absolute atomic E-state index is 10.4. The van der Waals surface area contributed by atoms with Crippen LogP contribution in [0.1, 0.15) is 6.92 Å². The Kier molecular flexibility index (Phi) is 3.10. The molecule has 0 aromatic heterocycles. The van der Waals surface area contributed by atoms with Gasteiger partial charge in [0.25, 0.3) is 0 Å². The van der Waals surface area contributed by atoms with E-state index < -0.39 is 0 Å². The van der Waals surface area contributed by atoms with Gasteiger partial charge in [-0.2, -0.15) is 0 Å². The summed E-state index contributed by atoms with van der Waals surface area (Å²) in [6, 6.07) is 7.30. The Labute approximate surface area is 78.8 Å². The molecule has 1 aromatic carbocycles. The van der Waals surface area contributed by atoms with Crippen LogP contribution in [0.15, 0.2) is 28.7 Å². The molecule has 0 saturated carbocycles. The van der Waals surface area contributed by atoms with Crippen LogP contribution < -0.4 is 5.48 Å². The molecule has 0 unspecified atom stereocenters. The highest BCUT2D eigenvalue weighted by Gasteiger charge is 1.93. The number of halogens is 1. The third-order valence-electron chi connectivity index (χ3n) is 1.16. The molecule has 3 nitrogen and oxygen atoms in total. The van der Waals surface area contributed by atoms with Gasteiger partial charge >= 0.3 is 5.97 Å². The first kappa shape index (κ1) is 9.06. The molecule has 0 aliphatic rings. The van der Waals surface area contributed by atoms with Gasteiger partial charge in [0.1, 0.15) is 0 Å². The van der Waals surface area contributed by atoms with Crippen molar-refractivity contribution < 1.29 is 9.63 Å². The van der Waals surface area contributed by atoms with Gasteiger partial charge in [0.05, 0.1) is 5.69 Å². The number of nitrogens with one attached hydrogen (secondary N) is 1. The van der Waals surface area contributed by atoms with Crippen molar-refractivity contribution in [3.8, 4) is 0 Å². The van der Waals surface area contributed by atoms with Crippen LogP contribution in [0.4, 0.5) is 5.69 Å². The summed E-state index contributed by atoms with van der Waals surface area (Å²) < 4.78 is 0.982. The van der Waals surface area contributed by atoms with Crippen LogP contribution in [0.25, 0.3) is 0 Å². The summed E-state index contributed by atoms with van der Waals surface area (Å²) in [5.41, 5.74) is 3.24. The molecule has 0 fully saturated rings. The maximum Gasteiger partial charge on any atom is 0.329 e. The summed E-state index contributed by atoms with van der Waals surface area (Å²) >= 11 is 3.29. The van der Waals surface area contributed by atoms with E-state index in [4.69, 9.17) is 0 Å². The maximum atomic E-state index is 10.4. The lowest BCUT2D eigenvalue weighted by Gasteiger charge is -2.03. The van der Waals surface area contributed by atoms with E-state index in [9.17, 15) is 4.79 Å². The molecule has 0 radical (unpaired) electrons. The van der Waals surface area contributed by atoms with Crippen LogP contribution in [0.3, 0.4) is 0 Å². The standard InChI is InChI=1S/C8H8BrNO2/c1-6(11)12-10-8-4-2-7(9)3-5-8/h2-5,10H,1H3. The topological polar surface area (TPSA) is 38.3 Å². The second-order valence-corrected chi connectivity index (χ2v) is 3.12. The summed E-state index contributed by atoms with van der Waals surface area (Å²) in [7, 11) is 0. The third kappa shape index (κ3) is 2.92. The van der Waals surface area contributed by atoms with E-state index in [-0.39, 0.29) is 5.97 Å². The minimum Gasteiger partial charge on any atom is -0.344 e. The van der Waals surface area contributed by atoms with Gasteiger partial charge in [-0.25, -0.2) is 5.48 Å². The number of anilines is 1. The molecule has 1 aromatic rings. The number of carbonyl (C=O) groups is 1. The van der Waals surface area contributed by atoms with Crippen molar-refractivity contribution in [2.24, 2.45) is 0 Å². The Hall–Kier alpha value is -1.03. The number of benzene rings is 1. The number of hydrogen-bond donors (Lipinski definition) is 1. The van der Waals surface area contributed by atoms with Crippen molar-refractivity contribution in [3.63, 3.8) is 0 Å². The van der Waals surface area contributed by atoms with Crippen LogP contribution in [0.5, 0.6) is 0 Å². The average molecular weight is 230 g/mol. The van der Waals surface area contributed by atoms with E-state index in [1.165, 1.54) is 6.92 Å². The van der Waals surface area contributed by atoms with Crippen LogP contribution in [-0.2, 0) is 9.63 Å². The van der Waals surface area contributed by atoms with E-state index in [2.05, 4.69) is 26.2 Å². The predicted octanol–water partition coefficient (Wildman–Crippen LogP) is 2.34. The van der Waals surface area contributed by atoms with Crippen LogP contribution >= 0.6 is 15.9 Å². The van der Waals surface area contributed by atoms with Gasteiger partial charge in [-0.3, -0.25) is 4.79 Å². The van der Waals surface area contributed by atoms with Gasteiger partial charge < -0.3 is 4.84 Å². The van der Waals surface area contributed by atoms with Crippen molar-refractivity contribution in [2.75, 3.05) is 5.48 Å². The zero-order valence-electron chi connectivity index (χ0n) is 6.50. The summed E-state index contributed by atoms with van der Waals surface area (Å²) in [4.78, 5) is 15.0. The van der Waals surface area contributed by atoms with Crippen LogP contribution in [-0.4, -0.2) is 5.97 Å². The van der Waals surface area contributed by atoms with E-state index >= 15 is 0 Å². The highest BCUT2D eigenvalue weighted by molar-refractivity contribution is 9.10. The molecule has 0 bridgehead atoms. The molecule has 4 heteroatoms. The minimum atomic E-state index is -0.363. The monoisotopic (exact) mass is 229 g/mol. The SMILES string of the molecule is CC(=O)ONc1ccc(Br)cc1. The van der Waals surface area contributed by atoms with E-state index in [1.54, 1.807) is 12.1 Å². The Morgan fingerprint density at radius 3 is 2.50 bits per heavy atom. The number of rotatable bonds is 2. The molecule has 0 amide bonds. The quantitative estimate of drug-likeness (QED) is 0.792. The summed E-state index contributed by atoms with van der Waals surface area (Å²) in [5, 5.41) is 0. The summed E-state index contributed by atoms with van der Waals surface area (Å²) in [5.74, 6) is -0.363. The molecule has 0 aliphatic heterocycles. The number of hydrogen-bond acceptors (Lipinski definition) is 3. The van der Waals surface area contributed by atoms with Gasteiger partial charge in [-0.15, -0.1) is 0 Å². The third-order valence-corrected chi connectivity index (χ3v) is 1.69. The predicted molar refractivity (Wildman–Crippen MR) is 49.5 cm³/mol. The van der Waals surface area contributed by atoms with Gasteiger partial charge in [0, 0.05) is 11.4 Å². The van der Waals surface area contributed by atoms with Crippen molar-refractivity contribution in [2.45, 2.75) is 6.92 Å². The molecule has 0 spiro atoms. The molecule has 64 valence electrons. The van der Waals surface area contributed by atoms with Crippen molar-refractivity contribution >= 4 is 27.6 Å². The fourth-order valence-corrected chi connectivity index (χ4v) is 0.913. The molecule has 1 N–H and O–H groups in total. The smallest absolute Gasteiger partial charge is 0.329 e. The lowest BCUT2D eigenvalue weighted by molar-refractivity contribution is -0.138. The first-order valence-corrected chi connectivity index (χ1v) is 4.17. The Balaban J connectivity index is 2.53. The van der Waals surface area contributed by atoms with E-state index in [1.807, 2.05) is 12.1 Å². The van der Waals surface area contributed by atoms with E-state index in [0.717, 1.165) is 10.2 Å². The minimum absolute atomic E-state index is 0.363. The second kappa shape index (κ2) is 4.11. The van der Waals surface area contributed by atoms with Crippen molar-refractivity contribution in [1.82, 2.24) is 0 Å². The normalized spacial score (nSPS) is 9.17. The second-order valence-electron chi connectivity index (χ2n) is 2.20. The average Bonchev–Trinajstić information content (AvgIpc) is 2.03. The molecule has 0 atom stereocenters. The molecule has 0 saturated heterocycles. The first-order valence-electron chi connectivity index (χ1n) is 3.37. The summed E-state index contributed by atoms with van der Waals surface area (Å²) in [6.07, 6.45) is 0. The molecular weight excluding hydrogens is 222 g/mol. The Bertz CT molecular complexity index is 271. The van der Waals surface area contributed by atoms with Crippen LogP contribution in [0, 0.1) is 0 Å². The van der Waals surface area contributed by atoms with Gasteiger partial charge in [-0.05, 0) is 24.3 Å². The van der Waals surface area contributed by atoms with Crippen LogP contribution in [0.2, 0.25) is 0 Å². The van der Waals surface area contributed by atoms with Crippen molar-refractivity contribution in [3.05, 3.63) is 28.7 Å². The highest BCUT2D eigenvalue weighted by atomic mass is 79.9. The first-order chi connectivity index (χ1) is 5.68. The lowest BCUT2D eigenvalue weighted by Crippen LogP contribution is -2.05. The van der Waals surface area contributed by atoms with E-state index in [0.29, 0.717) is 0 Å². The zero-order valence-corrected chi connectivity index (χ0v) is 8.09. The molecular formula is C8H8BrNO2. The van der Waals surface area contributed by atoms with Gasteiger partial charge in [0.15, 0.2) is 0 Å². The largest absolute Gasteiger partial charge is 0.344 e. The zero-order chi connectivity index (χ0) is 8.97. The van der Waals surface area contributed by atoms with Gasteiger partial charge in [-0.1, -0.05) is 15.9 Å². The highest BCUT2D eigenvalue weighted by Crippen LogP contribution is 2.13. The molecule has 0 aliphatic carbocycles. The number of carbonyl (C=O) groups excluding carboxylic acids is 1. The fourth-order valence-electron chi connectivity index (χ4n) is 0.649. The van der Waals surface area contributed by atoms with Crippen molar-refractivity contribution in [1.29, 1.82) is 0 Å². The molecule has 0 heterocycles. The molecule has 1 rings (SSSR count). The molecule has 12 heavy (non-hydrogen) atoms. The van der Waals surface area contributed by atoms with Gasteiger partial charge in [0.2, 0.25) is 0 Å². The Morgan fingerprint density at radius 2 is 2.00 bits per heavy atom. The summed E-state index contributed by atoms with van der Waals surface area (Å²) in [6.45, 7) is 1.34. The Morgan fingerprint density at radius 1 is 1.42 bits per heavy atom. The fraction of sp³-hybridized carbons (Fsp3) is 0.125. The lowest BCUT2D eigenvalue weighted by atomic mass is 10.3.